The largest absolute Gasteiger partial charge is 0.490 e. The SMILES string of the molecule is Cc1cc(C)cc(OCCOc2cccc(C=C3SC(=S)N(c4ccccc4)C3=O)c2)c1. The molecule has 0 bridgehead atoms. The first-order valence-corrected chi connectivity index (χ1v) is 11.5. The monoisotopic (exact) mass is 461 g/mol. The van der Waals surface area contributed by atoms with Crippen LogP contribution in [-0.2, 0) is 4.79 Å². The predicted molar refractivity (Wildman–Crippen MR) is 135 cm³/mol. The molecule has 0 atom stereocenters. The highest BCUT2D eigenvalue weighted by atomic mass is 32.2. The molecule has 4 nitrogen and oxygen atoms in total. The summed E-state index contributed by atoms with van der Waals surface area (Å²) in [6.45, 7) is 4.97. The second-order valence-electron chi connectivity index (χ2n) is 7.45. The fourth-order valence-electron chi connectivity index (χ4n) is 3.45. The molecule has 4 rings (SSSR count). The minimum atomic E-state index is -0.112. The van der Waals surface area contributed by atoms with Crippen LogP contribution >= 0.6 is 24.0 Å². The highest BCUT2D eigenvalue weighted by molar-refractivity contribution is 8.27. The van der Waals surface area contributed by atoms with E-state index in [1.807, 2.05) is 72.8 Å². The molecule has 0 aliphatic carbocycles. The van der Waals surface area contributed by atoms with Crippen LogP contribution in [0.3, 0.4) is 0 Å². The molecule has 1 heterocycles. The van der Waals surface area contributed by atoms with Crippen LogP contribution < -0.4 is 14.4 Å². The molecule has 0 aromatic heterocycles. The van der Waals surface area contributed by atoms with Gasteiger partial charge in [0.1, 0.15) is 24.7 Å². The first-order chi connectivity index (χ1) is 15.5. The van der Waals surface area contributed by atoms with Crippen LogP contribution in [0.2, 0.25) is 0 Å². The highest BCUT2D eigenvalue weighted by Gasteiger charge is 2.33. The Morgan fingerprint density at radius 3 is 2.28 bits per heavy atom. The van der Waals surface area contributed by atoms with Crippen LogP contribution in [0.15, 0.2) is 77.7 Å². The van der Waals surface area contributed by atoms with Crippen LogP contribution in [0.4, 0.5) is 5.69 Å². The lowest BCUT2D eigenvalue weighted by atomic mass is 10.1. The molecule has 1 aliphatic heterocycles. The summed E-state index contributed by atoms with van der Waals surface area (Å²) in [4.78, 5) is 15.1. The number of hydrogen-bond donors (Lipinski definition) is 0. The van der Waals surface area contributed by atoms with Gasteiger partial charge >= 0.3 is 0 Å². The van der Waals surface area contributed by atoms with Crippen LogP contribution in [0, 0.1) is 13.8 Å². The summed E-state index contributed by atoms with van der Waals surface area (Å²) in [5.74, 6) is 1.46. The molecule has 162 valence electrons. The molecule has 6 heteroatoms. The average Bonchev–Trinajstić information content (AvgIpc) is 3.04. The molecular formula is C26H23NO3S2. The van der Waals surface area contributed by atoms with Gasteiger partial charge in [-0.25, -0.2) is 0 Å². The van der Waals surface area contributed by atoms with Crippen molar-refractivity contribution in [2.45, 2.75) is 13.8 Å². The van der Waals surface area contributed by atoms with Crippen LogP contribution in [0.1, 0.15) is 16.7 Å². The third-order valence-electron chi connectivity index (χ3n) is 4.78. The van der Waals surface area contributed by atoms with E-state index in [1.54, 1.807) is 4.90 Å². The molecule has 0 spiro atoms. The lowest BCUT2D eigenvalue weighted by molar-refractivity contribution is -0.113. The number of nitrogens with zero attached hydrogens (tertiary/aromatic N) is 1. The Kier molecular flexibility index (Phi) is 6.93. The summed E-state index contributed by atoms with van der Waals surface area (Å²) >= 11 is 6.74. The molecule has 0 radical (unpaired) electrons. The second-order valence-corrected chi connectivity index (χ2v) is 9.12. The van der Waals surface area contributed by atoms with Gasteiger partial charge in [0.15, 0.2) is 4.32 Å². The van der Waals surface area contributed by atoms with Gasteiger partial charge in [-0.05, 0) is 73.0 Å². The van der Waals surface area contributed by atoms with E-state index in [2.05, 4.69) is 19.9 Å². The number of carbonyl (C=O) groups is 1. The Bertz CT molecular complexity index is 1150. The van der Waals surface area contributed by atoms with Crippen molar-refractivity contribution in [1.29, 1.82) is 0 Å². The molecule has 3 aromatic rings. The number of thioether (sulfide) groups is 1. The van der Waals surface area contributed by atoms with E-state index in [-0.39, 0.29) is 5.91 Å². The van der Waals surface area contributed by atoms with Gasteiger partial charge in [-0.1, -0.05) is 60.4 Å². The summed E-state index contributed by atoms with van der Waals surface area (Å²) in [5.41, 5.74) is 4.00. The van der Waals surface area contributed by atoms with Crippen molar-refractivity contribution >= 4 is 46.0 Å². The average molecular weight is 462 g/mol. The van der Waals surface area contributed by atoms with E-state index < -0.39 is 0 Å². The Hall–Kier alpha value is -3.09. The summed E-state index contributed by atoms with van der Waals surface area (Å²) in [7, 11) is 0. The van der Waals surface area contributed by atoms with Gasteiger partial charge in [-0.2, -0.15) is 0 Å². The Morgan fingerprint density at radius 2 is 1.56 bits per heavy atom. The van der Waals surface area contributed by atoms with Crippen molar-refractivity contribution in [2.24, 2.45) is 0 Å². The fraction of sp³-hybridized carbons (Fsp3) is 0.154. The zero-order chi connectivity index (χ0) is 22.5. The van der Waals surface area contributed by atoms with Crippen LogP contribution in [0.5, 0.6) is 11.5 Å². The fourth-order valence-corrected chi connectivity index (χ4v) is 4.75. The van der Waals surface area contributed by atoms with E-state index >= 15 is 0 Å². The number of carbonyl (C=O) groups excluding carboxylic acids is 1. The zero-order valence-electron chi connectivity index (χ0n) is 17.9. The number of para-hydroxylation sites is 1. The maximum Gasteiger partial charge on any atom is 0.270 e. The molecule has 0 unspecified atom stereocenters. The van der Waals surface area contributed by atoms with Crippen molar-refractivity contribution in [1.82, 2.24) is 0 Å². The molecule has 0 N–H and O–H groups in total. The van der Waals surface area contributed by atoms with Gasteiger partial charge < -0.3 is 9.47 Å². The van der Waals surface area contributed by atoms with Gasteiger partial charge in [0.05, 0.1) is 10.6 Å². The summed E-state index contributed by atoms with van der Waals surface area (Å²) in [5, 5.41) is 0. The van der Waals surface area contributed by atoms with Crippen LogP contribution in [0.25, 0.3) is 6.08 Å². The Labute approximate surface area is 197 Å². The van der Waals surface area contributed by atoms with Crippen molar-refractivity contribution in [3.05, 3.63) is 94.4 Å². The van der Waals surface area contributed by atoms with Crippen LogP contribution in [-0.4, -0.2) is 23.4 Å². The lowest BCUT2D eigenvalue weighted by Gasteiger charge is -2.13. The molecule has 1 fully saturated rings. The third kappa shape index (κ3) is 5.39. The molecule has 32 heavy (non-hydrogen) atoms. The van der Waals surface area contributed by atoms with Crippen molar-refractivity contribution in [2.75, 3.05) is 18.1 Å². The maximum absolute atomic E-state index is 12.9. The van der Waals surface area contributed by atoms with Gasteiger partial charge in [0.2, 0.25) is 0 Å². The molecular weight excluding hydrogens is 438 g/mol. The van der Waals surface area contributed by atoms with Gasteiger partial charge in [0, 0.05) is 0 Å². The van der Waals surface area contributed by atoms with Gasteiger partial charge in [-0.3, -0.25) is 9.69 Å². The zero-order valence-corrected chi connectivity index (χ0v) is 19.5. The normalized spacial score (nSPS) is 14.8. The van der Waals surface area contributed by atoms with E-state index in [9.17, 15) is 4.79 Å². The molecule has 0 saturated carbocycles. The minimum absolute atomic E-state index is 0.112. The van der Waals surface area contributed by atoms with E-state index in [4.69, 9.17) is 21.7 Å². The first-order valence-electron chi connectivity index (χ1n) is 10.3. The van der Waals surface area contributed by atoms with Gasteiger partial charge in [0.25, 0.3) is 5.91 Å². The van der Waals surface area contributed by atoms with Gasteiger partial charge in [-0.15, -0.1) is 0 Å². The summed E-state index contributed by atoms with van der Waals surface area (Å²) in [6.07, 6.45) is 1.85. The predicted octanol–water partition coefficient (Wildman–Crippen LogP) is 6.17. The molecule has 1 saturated heterocycles. The number of benzene rings is 3. The number of aryl methyl sites for hydroxylation is 2. The number of rotatable bonds is 7. The van der Waals surface area contributed by atoms with Crippen molar-refractivity contribution in [3.63, 3.8) is 0 Å². The maximum atomic E-state index is 12.9. The Balaban J connectivity index is 1.38. The smallest absolute Gasteiger partial charge is 0.270 e. The van der Waals surface area contributed by atoms with E-state index in [0.717, 1.165) is 22.7 Å². The quantitative estimate of drug-likeness (QED) is 0.239. The highest BCUT2D eigenvalue weighted by Crippen LogP contribution is 2.36. The topological polar surface area (TPSA) is 38.8 Å². The molecule has 1 aliphatic rings. The lowest BCUT2D eigenvalue weighted by Crippen LogP contribution is -2.27. The number of amides is 1. The standard InChI is InChI=1S/C26H23NO3S2/c1-18-13-19(2)15-23(14-18)30-12-11-29-22-10-6-7-20(16-22)17-24-25(28)27(26(31)32-24)21-8-4-3-5-9-21/h3-10,13-17H,11-12H2,1-2H3. The van der Waals surface area contributed by atoms with E-state index in [1.165, 1.54) is 22.9 Å². The van der Waals surface area contributed by atoms with Crippen molar-refractivity contribution in [3.8, 4) is 11.5 Å². The number of hydrogen-bond acceptors (Lipinski definition) is 5. The Morgan fingerprint density at radius 1 is 0.875 bits per heavy atom. The first kappa shape index (κ1) is 22.1. The summed E-state index contributed by atoms with van der Waals surface area (Å²) in [6, 6.07) is 23.2. The second kappa shape index (κ2) is 10.0. The third-order valence-corrected chi connectivity index (χ3v) is 6.08. The molecule has 3 aromatic carbocycles. The summed E-state index contributed by atoms with van der Waals surface area (Å²) < 4.78 is 12.2. The minimum Gasteiger partial charge on any atom is -0.490 e. The van der Waals surface area contributed by atoms with Crippen molar-refractivity contribution < 1.29 is 14.3 Å². The number of ether oxygens (including phenoxy) is 2. The van der Waals surface area contributed by atoms with E-state index in [0.29, 0.717) is 22.4 Å². The number of thiocarbonyl (C=S) groups is 1. The number of anilines is 1. The molecule has 1 amide bonds.